The number of carboxylic acid groups (broad SMARTS) is 1. The monoisotopic (exact) mass is 342 g/mol. The second-order valence-corrected chi connectivity index (χ2v) is 7.00. The van der Waals surface area contributed by atoms with Crippen molar-refractivity contribution in [3.63, 3.8) is 0 Å². The van der Waals surface area contributed by atoms with E-state index < -0.39 is 12.1 Å². The van der Waals surface area contributed by atoms with Gasteiger partial charge < -0.3 is 14.6 Å². The van der Waals surface area contributed by atoms with Crippen molar-refractivity contribution in [2.24, 2.45) is 0 Å². The molecule has 0 fully saturated rings. The molecule has 2 aromatic carbocycles. The summed E-state index contributed by atoms with van der Waals surface area (Å²) < 4.78 is 11.1. The molecule has 4 heteroatoms. The summed E-state index contributed by atoms with van der Waals surface area (Å²) in [6.07, 6.45) is -0.638. The summed E-state index contributed by atoms with van der Waals surface area (Å²) in [4.78, 5) is 11.6. The lowest BCUT2D eigenvalue weighted by molar-refractivity contribution is -0.145. The molecule has 4 nitrogen and oxygen atoms in total. The quantitative estimate of drug-likeness (QED) is 0.807. The van der Waals surface area contributed by atoms with Crippen molar-refractivity contribution in [1.29, 1.82) is 0 Å². The lowest BCUT2D eigenvalue weighted by Crippen LogP contribution is -2.29. The van der Waals surface area contributed by atoms with Crippen LogP contribution in [0.2, 0.25) is 0 Å². The number of hydrogen-bond donors (Lipinski definition) is 1. The van der Waals surface area contributed by atoms with Crippen molar-refractivity contribution < 1.29 is 19.4 Å². The number of rotatable bonds is 7. The van der Waals surface area contributed by atoms with Crippen LogP contribution in [-0.4, -0.2) is 23.8 Å². The van der Waals surface area contributed by atoms with E-state index in [9.17, 15) is 9.90 Å². The fraction of sp³-hybridized carbons (Fsp3) is 0.381. The first-order valence-electron chi connectivity index (χ1n) is 8.51. The molecule has 0 aliphatic carbocycles. The Bertz CT molecular complexity index is 681. The number of aliphatic carboxylic acids is 1. The van der Waals surface area contributed by atoms with Crippen LogP contribution in [0.25, 0.3) is 0 Å². The van der Waals surface area contributed by atoms with Crippen LogP contribution in [0.4, 0.5) is 0 Å². The van der Waals surface area contributed by atoms with Crippen LogP contribution in [0.3, 0.4) is 0 Å². The molecule has 0 aliphatic rings. The third-order valence-corrected chi connectivity index (χ3v) is 3.93. The topological polar surface area (TPSA) is 55.8 Å². The Hall–Kier alpha value is -2.49. The van der Waals surface area contributed by atoms with Crippen molar-refractivity contribution in [2.75, 3.05) is 6.61 Å². The zero-order valence-electron chi connectivity index (χ0n) is 15.3. The molecule has 0 saturated heterocycles. The lowest BCUT2D eigenvalue weighted by atomic mass is 9.87. The molecule has 25 heavy (non-hydrogen) atoms. The minimum Gasteiger partial charge on any atom is -0.494 e. The number of carbonyl (C=O) groups is 1. The predicted molar refractivity (Wildman–Crippen MR) is 98.5 cm³/mol. The number of benzene rings is 2. The van der Waals surface area contributed by atoms with Crippen LogP contribution in [0.15, 0.2) is 48.5 Å². The molecule has 0 heterocycles. The van der Waals surface area contributed by atoms with E-state index in [2.05, 4.69) is 20.8 Å². The average Bonchev–Trinajstić information content (AvgIpc) is 2.56. The van der Waals surface area contributed by atoms with Crippen molar-refractivity contribution >= 4 is 5.97 Å². The zero-order valence-corrected chi connectivity index (χ0v) is 15.3. The van der Waals surface area contributed by atoms with Crippen LogP contribution in [-0.2, 0) is 16.6 Å². The second-order valence-electron chi connectivity index (χ2n) is 7.00. The fourth-order valence-corrected chi connectivity index (χ4v) is 2.48. The highest BCUT2D eigenvalue weighted by Crippen LogP contribution is 2.25. The smallest absolute Gasteiger partial charge is 0.345 e. The fourth-order valence-electron chi connectivity index (χ4n) is 2.48. The molecule has 0 bridgehead atoms. The Labute approximate surface area is 149 Å². The van der Waals surface area contributed by atoms with E-state index in [-0.39, 0.29) is 5.41 Å². The summed E-state index contributed by atoms with van der Waals surface area (Å²) in [6.45, 7) is 8.93. The zero-order chi connectivity index (χ0) is 18.4. The van der Waals surface area contributed by atoms with Crippen LogP contribution in [0.1, 0.15) is 38.8 Å². The van der Waals surface area contributed by atoms with Gasteiger partial charge in [-0.25, -0.2) is 4.79 Å². The standard InChI is InChI=1S/C21H26O4/c1-5-24-17-10-6-15(7-11-17)14-19(20(22)23)25-18-12-8-16(9-13-18)21(2,3)4/h6-13,19H,5,14H2,1-4H3,(H,22,23). The van der Waals surface area contributed by atoms with Crippen LogP contribution in [0.5, 0.6) is 11.5 Å². The molecule has 0 spiro atoms. The van der Waals surface area contributed by atoms with Crippen molar-refractivity contribution in [3.8, 4) is 11.5 Å². The highest BCUT2D eigenvalue weighted by molar-refractivity contribution is 5.73. The maximum absolute atomic E-state index is 11.6. The minimum atomic E-state index is -0.978. The van der Waals surface area contributed by atoms with E-state index >= 15 is 0 Å². The van der Waals surface area contributed by atoms with E-state index in [1.165, 1.54) is 5.56 Å². The van der Waals surface area contributed by atoms with Gasteiger partial charge in [0.2, 0.25) is 0 Å². The molecule has 1 unspecified atom stereocenters. The summed E-state index contributed by atoms with van der Waals surface area (Å²) in [7, 11) is 0. The van der Waals surface area contributed by atoms with Crippen LogP contribution in [0, 0.1) is 0 Å². The van der Waals surface area contributed by atoms with E-state index in [0.29, 0.717) is 18.8 Å². The van der Waals surface area contributed by atoms with Gasteiger partial charge in [-0.2, -0.15) is 0 Å². The number of hydrogen-bond acceptors (Lipinski definition) is 3. The second kappa shape index (κ2) is 8.06. The van der Waals surface area contributed by atoms with Gasteiger partial charge in [-0.3, -0.25) is 0 Å². The Balaban J connectivity index is 2.06. The first-order valence-corrected chi connectivity index (χ1v) is 8.51. The highest BCUT2D eigenvalue weighted by atomic mass is 16.5. The summed E-state index contributed by atoms with van der Waals surface area (Å²) in [5.74, 6) is 0.358. The molecule has 2 aromatic rings. The minimum absolute atomic E-state index is 0.0486. The van der Waals surface area contributed by atoms with Gasteiger partial charge in [-0.1, -0.05) is 45.0 Å². The van der Waals surface area contributed by atoms with Gasteiger partial charge in [0.25, 0.3) is 0 Å². The van der Waals surface area contributed by atoms with Gasteiger partial charge in [0.15, 0.2) is 6.10 Å². The first-order chi connectivity index (χ1) is 11.8. The SMILES string of the molecule is CCOc1ccc(CC(Oc2ccc(C(C)(C)C)cc2)C(=O)O)cc1. The third kappa shape index (κ3) is 5.52. The van der Waals surface area contributed by atoms with E-state index in [1.807, 2.05) is 55.5 Å². The largest absolute Gasteiger partial charge is 0.494 e. The van der Waals surface area contributed by atoms with E-state index in [1.54, 1.807) is 0 Å². The van der Waals surface area contributed by atoms with Crippen molar-refractivity contribution in [2.45, 2.75) is 45.6 Å². The first kappa shape index (κ1) is 18.8. The van der Waals surface area contributed by atoms with E-state index in [0.717, 1.165) is 11.3 Å². The van der Waals surface area contributed by atoms with Crippen LogP contribution < -0.4 is 9.47 Å². The molecular formula is C21H26O4. The molecule has 0 aliphatic heterocycles. The maximum atomic E-state index is 11.6. The molecule has 0 aromatic heterocycles. The Kier molecular flexibility index (Phi) is 6.07. The molecule has 0 radical (unpaired) electrons. The maximum Gasteiger partial charge on any atom is 0.345 e. The molecule has 0 amide bonds. The molecular weight excluding hydrogens is 316 g/mol. The normalized spacial score (nSPS) is 12.5. The molecule has 1 atom stereocenters. The summed E-state index contributed by atoms with van der Waals surface area (Å²) >= 11 is 0. The van der Waals surface area contributed by atoms with Gasteiger partial charge in [0.05, 0.1) is 6.61 Å². The van der Waals surface area contributed by atoms with Gasteiger partial charge in [-0.15, -0.1) is 0 Å². The van der Waals surface area contributed by atoms with Gasteiger partial charge in [0.1, 0.15) is 11.5 Å². The Morgan fingerprint density at radius 1 is 1.00 bits per heavy atom. The van der Waals surface area contributed by atoms with Crippen molar-refractivity contribution in [3.05, 3.63) is 59.7 Å². The summed E-state index contributed by atoms with van der Waals surface area (Å²) in [6, 6.07) is 15.0. The van der Waals surface area contributed by atoms with Crippen molar-refractivity contribution in [1.82, 2.24) is 0 Å². The van der Waals surface area contributed by atoms with Crippen LogP contribution >= 0.6 is 0 Å². The van der Waals surface area contributed by atoms with Gasteiger partial charge in [0, 0.05) is 6.42 Å². The number of carboxylic acids is 1. The average molecular weight is 342 g/mol. The third-order valence-electron chi connectivity index (χ3n) is 3.93. The Morgan fingerprint density at radius 3 is 2.04 bits per heavy atom. The summed E-state index contributed by atoms with van der Waals surface area (Å²) in [5.41, 5.74) is 2.12. The van der Waals surface area contributed by atoms with Gasteiger partial charge in [-0.05, 0) is 47.7 Å². The summed E-state index contributed by atoms with van der Waals surface area (Å²) in [5, 5.41) is 9.47. The number of ether oxygens (including phenoxy) is 2. The molecule has 2 rings (SSSR count). The van der Waals surface area contributed by atoms with Gasteiger partial charge >= 0.3 is 5.97 Å². The van der Waals surface area contributed by atoms with E-state index in [4.69, 9.17) is 9.47 Å². The highest BCUT2D eigenvalue weighted by Gasteiger charge is 2.21. The molecule has 134 valence electrons. The molecule has 1 N–H and O–H groups in total. The molecule has 0 saturated carbocycles. The predicted octanol–water partition coefficient (Wildman–Crippen LogP) is 4.46. The Morgan fingerprint density at radius 2 is 1.56 bits per heavy atom. The lowest BCUT2D eigenvalue weighted by Gasteiger charge is -2.20.